The fraction of sp³-hybridized carbons (Fsp3) is 0.875. The lowest BCUT2D eigenvalue weighted by Crippen LogP contribution is -2.67. The number of nitrogens with one attached hydrogen (secondary N) is 1. The molecule has 0 bridgehead atoms. The van der Waals surface area contributed by atoms with Crippen molar-refractivity contribution >= 4 is 11.8 Å². The average molecular weight is 280 g/mol. The Morgan fingerprint density at radius 1 is 1.25 bits per heavy atom. The summed E-state index contributed by atoms with van der Waals surface area (Å²) in [4.78, 5) is 27.1. The van der Waals surface area contributed by atoms with E-state index in [0.29, 0.717) is 18.4 Å². The van der Waals surface area contributed by atoms with E-state index in [1.165, 1.54) is 0 Å². The topological polar surface area (TPSA) is 49.4 Å². The van der Waals surface area contributed by atoms with Gasteiger partial charge in [0.1, 0.15) is 12.1 Å². The van der Waals surface area contributed by atoms with E-state index in [-0.39, 0.29) is 23.3 Å². The first-order chi connectivity index (χ1) is 9.21. The highest BCUT2D eigenvalue weighted by atomic mass is 16.2. The highest BCUT2D eigenvalue weighted by Gasteiger charge is 2.50. The summed E-state index contributed by atoms with van der Waals surface area (Å²) in [5.74, 6) is 1.08. The molecular weight excluding hydrogens is 252 g/mol. The molecule has 0 radical (unpaired) electrons. The SMILES string of the molecule is CC(C)CCN1C(=O)C(C(C)(C)C)NC(=O)C1C1CC1. The monoisotopic (exact) mass is 280 g/mol. The quantitative estimate of drug-likeness (QED) is 0.858. The molecule has 1 saturated heterocycles. The van der Waals surface area contributed by atoms with Gasteiger partial charge in [-0.2, -0.15) is 0 Å². The van der Waals surface area contributed by atoms with Gasteiger partial charge in [0.2, 0.25) is 11.8 Å². The molecule has 2 unspecified atom stereocenters. The van der Waals surface area contributed by atoms with Crippen molar-refractivity contribution in [2.75, 3.05) is 6.54 Å². The molecule has 1 aliphatic carbocycles. The normalized spacial score (nSPS) is 28.0. The van der Waals surface area contributed by atoms with Crippen LogP contribution in [-0.2, 0) is 9.59 Å². The Hall–Kier alpha value is -1.06. The van der Waals surface area contributed by atoms with Crippen molar-refractivity contribution in [3.63, 3.8) is 0 Å². The highest BCUT2D eigenvalue weighted by molar-refractivity contribution is 5.97. The Balaban J connectivity index is 2.19. The molecular formula is C16H28N2O2. The van der Waals surface area contributed by atoms with Crippen LogP contribution in [0.1, 0.15) is 53.9 Å². The largest absolute Gasteiger partial charge is 0.342 e. The van der Waals surface area contributed by atoms with Crippen LogP contribution in [0.2, 0.25) is 0 Å². The van der Waals surface area contributed by atoms with Gasteiger partial charge >= 0.3 is 0 Å². The molecule has 1 N–H and O–H groups in total. The van der Waals surface area contributed by atoms with E-state index >= 15 is 0 Å². The van der Waals surface area contributed by atoms with Crippen LogP contribution in [0.25, 0.3) is 0 Å². The molecule has 2 aliphatic rings. The second kappa shape index (κ2) is 5.38. The van der Waals surface area contributed by atoms with Crippen LogP contribution >= 0.6 is 0 Å². The van der Waals surface area contributed by atoms with Crippen LogP contribution < -0.4 is 5.32 Å². The maximum absolute atomic E-state index is 12.8. The van der Waals surface area contributed by atoms with E-state index in [0.717, 1.165) is 19.3 Å². The summed E-state index contributed by atoms with van der Waals surface area (Å²) in [6, 6.07) is -0.614. The van der Waals surface area contributed by atoms with Crippen molar-refractivity contribution in [2.45, 2.75) is 66.0 Å². The van der Waals surface area contributed by atoms with Crippen molar-refractivity contribution in [1.82, 2.24) is 10.2 Å². The summed E-state index contributed by atoms with van der Waals surface area (Å²) in [6.07, 6.45) is 3.10. The Morgan fingerprint density at radius 2 is 1.85 bits per heavy atom. The molecule has 0 aromatic rings. The van der Waals surface area contributed by atoms with Gasteiger partial charge in [-0.15, -0.1) is 0 Å². The fourth-order valence-electron chi connectivity index (χ4n) is 2.85. The zero-order valence-electron chi connectivity index (χ0n) is 13.4. The van der Waals surface area contributed by atoms with Gasteiger partial charge in [0.25, 0.3) is 0 Å². The zero-order valence-corrected chi connectivity index (χ0v) is 13.4. The van der Waals surface area contributed by atoms with Crippen LogP contribution in [0.4, 0.5) is 0 Å². The van der Waals surface area contributed by atoms with Gasteiger partial charge in [-0.1, -0.05) is 34.6 Å². The molecule has 2 amide bonds. The van der Waals surface area contributed by atoms with E-state index in [2.05, 4.69) is 19.2 Å². The number of carbonyl (C=O) groups excluding carboxylic acids is 2. The first-order valence-corrected chi connectivity index (χ1v) is 7.82. The van der Waals surface area contributed by atoms with Gasteiger partial charge in [-0.25, -0.2) is 0 Å². The third-order valence-corrected chi connectivity index (χ3v) is 4.30. The number of carbonyl (C=O) groups is 2. The molecule has 1 heterocycles. The Kier molecular flexibility index (Phi) is 4.12. The van der Waals surface area contributed by atoms with Crippen LogP contribution in [0, 0.1) is 17.3 Å². The van der Waals surface area contributed by atoms with Gasteiger partial charge < -0.3 is 10.2 Å². The molecule has 4 nitrogen and oxygen atoms in total. The van der Waals surface area contributed by atoms with Gasteiger partial charge in [0.05, 0.1) is 0 Å². The smallest absolute Gasteiger partial charge is 0.246 e. The number of nitrogens with zero attached hydrogens (tertiary/aromatic N) is 1. The first-order valence-electron chi connectivity index (χ1n) is 7.82. The van der Waals surface area contributed by atoms with E-state index in [4.69, 9.17) is 0 Å². The molecule has 4 heteroatoms. The predicted molar refractivity (Wildman–Crippen MR) is 79.1 cm³/mol. The second-order valence-electron chi connectivity index (χ2n) is 7.80. The third-order valence-electron chi connectivity index (χ3n) is 4.30. The first kappa shape index (κ1) is 15.3. The molecule has 114 valence electrons. The summed E-state index contributed by atoms with van der Waals surface area (Å²) < 4.78 is 0. The third kappa shape index (κ3) is 3.15. The van der Waals surface area contributed by atoms with Gasteiger partial charge in [-0.3, -0.25) is 9.59 Å². The molecule has 2 rings (SSSR count). The van der Waals surface area contributed by atoms with Crippen molar-refractivity contribution in [3.05, 3.63) is 0 Å². The Morgan fingerprint density at radius 3 is 2.30 bits per heavy atom. The molecule has 0 aromatic carbocycles. The van der Waals surface area contributed by atoms with Crippen molar-refractivity contribution in [3.8, 4) is 0 Å². The highest BCUT2D eigenvalue weighted by Crippen LogP contribution is 2.38. The van der Waals surface area contributed by atoms with Crippen molar-refractivity contribution in [1.29, 1.82) is 0 Å². The average Bonchev–Trinajstić information content (AvgIpc) is 3.11. The maximum atomic E-state index is 12.8. The van der Waals surface area contributed by atoms with E-state index < -0.39 is 6.04 Å². The summed E-state index contributed by atoms with van der Waals surface area (Å²) in [7, 11) is 0. The fourth-order valence-corrected chi connectivity index (χ4v) is 2.85. The zero-order chi connectivity index (χ0) is 15.1. The molecule has 0 aromatic heterocycles. The van der Waals surface area contributed by atoms with E-state index in [1.807, 2.05) is 25.7 Å². The molecule has 2 atom stereocenters. The molecule has 1 aliphatic heterocycles. The van der Waals surface area contributed by atoms with Gasteiger partial charge in [0, 0.05) is 6.54 Å². The number of hydrogen-bond donors (Lipinski definition) is 1. The number of hydrogen-bond acceptors (Lipinski definition) is 2. The second-order valence-corrected chi connectivity index (χ2v) is 7.80. The van der Waals surface area contributed by atoms with Crippen molar-refractivity contribution in [2.24, 2.45) is 17.3 Å². The standard InChI is InChI=1S/C16H28N2O2/c1-10(2)8-9-18-12(11-6-7-11)14(19)17-13(15(18)20)16(3,4)5/h10-13H,6-9H2,1-5H3,(H,17,19). The minimum Gasteiger partial charge on any atom is -0.342 e. The van der Waals surface area contributed by atoms with E-state index in [1.54, 1.807) is 0 Å². The summed E-state index contributed by atoms with van der Waals surface area (Å²) in [5.41, 5.74) is -0.239. The molecule has 20 heavy (non-hydrogen) atoms. The minimum absolute atomic E-state index is 0.0516. The Labute approximate surface area is 122 Å². The van der Waals surface area contributed by atoms with Gasteiger partial charge in [-0.05, 0) is 36.5 Å². The number of rotatable bonds is 4. The summed E-state index contributed by atoms with van der Waals surface area (Å²) in [5, 5.41) is 2.96. The van der Waals surface area contributed by atoms with E-state index in [9.17, 15) is 9.59 Å². The molecule has 0 spiro atoms. The Bertz CT molecular complexity index is 394. The lowest BCUT2D eigenvalue weighted by atomic mass is 9.83. The predicted octanol–water partition coefficient (Wildman–Crippen LogP) is 2.18. The number of amides is 2. The lowest BCUT2D eigenvalue weighted by Gasteiger charge is -2.43. The summed E-state index contributed by atoms with van der Waals surface area (Å²) >= 11 is 0. The van der Waals surface area contributed by atoms with Crippen LogP contribution in [0.15, 0.2) is 0 Å². The lowest BCUT2D eigenvalue weighted by molar-refractivity contribution is -0.153. The summed E-state index contributed by atoms with van der Waals surface area (Å²) in [6.45, 7) is 11.0. The number of piperazine rings is 1. The maximum Gasteiger partial charge on any atom is 0.246 e. The van der Waals surface area contributed by atoms with Crippen LogP contribution in [-0.4, -0.2) is 35.3 Å². The van der Waals surface area contributed by atoms with Crippen molar-refractivity contribution < 1.29 is 9.59 Å². The van der Waals surface area contributed by atoms with Crippen LogP contribution in [0.3, 0.4) is 0 Å². The minimum atomic E-state index is -0.392. The molecule has 2 fully saturated rings. The molecule has 1 saturated carbocycles. The van der Waals surface area contributed by atoms with Gasteiger partial charge in [0.15, 0.2) is 0 Å². The van der Waals surface area contributed by atoms with Crippen LogP contribution in [0.5, 0.6) is 0 Å².